The molecule has 2 amide bonds. The first-order chi connectivity index (χ1) is 10.8. The van der Waals surface area contributed by atoms with Crippen LogP contribution in [0.1, 0.15) is 27.2 Å². The minimum Gasteiger partial charge on any atom is -0.474 e. The number of hydrogen-bond donors (Lipinski definition) is 1. The van der Waals surface area contributed by atoms with Crippen molar-refractivity contribution in [3.8, 4) is 5.88 Å². The van der Waals surface area contributed by atoms with Crippen molar-refractivity contribution < 1.29 is 17.9 Å². The zero-order chi connectivity index (χ0) is 17.0. The molecule has 0 radical (unpaired) electrons. The summed E-state index contributed by atoms with van der Waals surface area (Å²) in [5, 5.41) is 9.95. The summed E-state index contributed by atoms with van der Waals surface area (Å²) in [4.78, 5) is 13.7. The van der Waals surface area contributed by atoms with Crippen LogP contribution in [0.3, 0.4) is 0 Å². The third kappa shape index (κ3) is 4.78. The maximum atomic E-state index is 12.2. The van der Waals surface area contributed by atoms with Gasteiger partial charge < -0.3 is 9.64 Å². The molecule has 1 fully saturated rings. The number of rotatable bonds is 3. The zero-order valence-corrected chi connectivity index (χ0v) is 14.3. The van der Waals surface area contributed by atoms with Crippen molar-refractivity contribution in [2.45, 2.75) is 38.5 Å². The Balaban J connectivity index is 1.96. The molecule has 0 aromatic carbocycles. The fourth-order valence-corrected chi connectivity index (χ4v) is 3.49. The van der Waals surface area contributed by atoms with E-state index < -0.39 is 15.1 Å². The van der Waals surface area contributed by atoms with Gasteiger partial charge in [-0.3, -0.25) is 5.32 Å². The monoisotopic (exact) mass is 342 g/mol. The maximum Gasteiger partial charge on any atom is 0.323 e. The summed E-state index contributed by atoms with van der Waals surface area (Å²) in [6, 6.07) is 2.85. The molecule has 0 spiro atoms. The van der Waals surface area contributed by atoms with Gasteiger partial charge in [-0.1, -0.05) is 0 Å². The molecule has 2 heterocycles. The van der Waals surface area contributed by atoms with Gasteiger partial charge in [0, 0.05) is 19.2 Å². The van der Waals surface area contributed by atoms with Gasteiger partial charge in [0.2, 0.25) is 5.88 Å². The summed E-state index contributed by atoms with van der Waals surface area (Å²) in [5.41, 5.74) is 0. The van der Waals surface area contributed by atoms with Crippen molar-refractivity contribution in [3.05, 3.63) is 12.1 Å². The number of sulfone groups is 1. The van der Waals surface area contributed by atoms with Crippen molar-refractivity contribution in [2.24, 2.45) is 0 Å². The summed E-state index contributed by atoms with van der Waals surface area (Å²) in [7, 11) is -3.12. The summed E-state index contributed by atoms with van der Waals surface area (Å²) in [6.07, 6.45) is 0.425. The van der Waals surface area contributed by atoms with E-state index in [9.17, 15) is 13.2 Å². The lowest BCUT2D eigenvalue weighted by atomic mass is 10.3. The predicted octanol–water partition coefficient (Wildman–Crippen LogP) is 1.30. The minimum absolute atomic E-state index is 0.00854. The normalized spacial score (nSPS) is 20.9. The van der Waals surface area contributed by atoms with Crippen LogP contribution in [0.25, 0.3) is 0 Å². The molecule has 8 nitrogen and oxygen atoms in total. The maximum absolute atomic E-state index is 12.2. The number of carbonyl (C=O) groups excluding carboxylic acids is 1. The van der Waals surface area contributed by atoms with Crippen molar-refractivity contribution in [1.29, 1.82) is 0 Å². The lowest BCUT2D eigenvalue weighted by Gasteiger charge is -2.19. The Morgan fingerprint density at radius 1 is 1.35 bits per heavy atom. The number of nitrogens with zero attached hydrogens (tertiary/aromatic N) is 3. The van der Waals surface area contributed by atoms with E-state index in [2.05, 4.69) is 15.5 Å². The highest BCUT2D eigenvalue weighted by Crippen LogP contribution is 2.15. The fourth-order valence-electron chi connectivity index (χ4n) is 2.15. The zero-order valence-electron chi connectivity index (χ0n) is 13.5. The Morgan fingerprint density at radius 2 is 2.09 bits per heavy atom. The molecule has 2 rings (SSSR count). The number of anilines is 1. The molecule has 1 atom stereocenters. The van der Waals surface area contributed by atoms with Crippen LogP contribution in [-0.2, 0) is 9.84 Å². The van der Waals surface area contributed by atoms with Gasteiger partial charge >= 0.3 is 6.03 Å². The van der Waals surface area contributed by atoms with Gasteiger partial charge in [0.15, 0.2) is 15.7 Å². The number of ether oxygens (including phenoxy) is 1. The average Bonchev–Trinajstić information content (AvgIpc) is 2.60. The molecular formula is C14H22N4O4S. The molecule has 1 N–H and O–H groups in total. The largest absolute Gasteiger partial charge is 0.474 e. The fraction of sp³-hybridized carbons (Fsp3) is 0.643. The molecule has 1 aliphatic rings. The van der Waals surface area contributed by atoms with Crippen molar-refractivity contribution in [1.82, 2.24) is 15.1 Å². The van der Waals surface area contributed by atoms with Crippen LogP contribution in [-0.4, -0.2) is 59.7 Å². The third-order valence-corrected chi connectivity index (χ3v) is 5.80. The molecule has 1 saturated heterocycles. The second kappa shape index (κ2) is 7.12. The number of carbonyl (C=O) groups is 1. The van der Waals surface area contributed by atoms with Gasteiger partial charge in [-0.25, -0.2) is 13.2 Å². The highest BCUT2D eigenvalue weighted by molar-refractivity contribution is 7.92. The molecule has 1 aliphatic heterocycles. The second-order valence-corrected chi connectivity index (χ2v) is 8.35. The quantitative estimate of drug-likeness (QED) is 0.888. The Hall–Kier alpha value is -1.90. The molecule has 0 saturated carbocycles. The summed E-state index contributed by atoms with van der Waals surface area (Å²) < 4.78 is 29.1. The molecule has 1 unspecified atom stereocenters. The van der Waals surface area contributed by atoms with Crippen LogP contribution in [0.2, 0.25) is 0 Å². The topological polar surface area (TPSA) is 101 Å². The average molecular weight is 342 g/mol. The van der Waals surface area contributed by atoms with E-state index in [0.717, 1.165) is 0 Å². The van der Waals surface area contributed by atoms with Crippen LogP contribution in [0.5, 0.6) is 5.88 Å². The van der Waals surface area contributed by atoms with E-state index in [1.165, 1.54) is 4.90 Å². The molecular weight excluding hydrogens is 320 g/mol. The van der Waals surface area contributed by atoms with E-state index >= 15 is 0 Å². The Kier molecular flexibility index (Phi) is 5.40. The van der Waals surface area contributed by atoms with Crippen molar-refractivity contribution >= 4 is 21.7 Å². The van der Waals surface area contributed by atoms with Crippen molar-refractivity contribution in [2.75, 3.05) is 24.2 Å². The molecule has 9 heteroatoms. The van der Waals surface area contributed by atoms with E-state index in [0.29, 0.717) is 24.7 Å². The molecule has 1 aromatic heterocycles. The van der Waals surface area contributed by atoms with Crippen LogP contribution < -0.4 is 10.1 Å². The molecule has 0 bridgehead atoms. The first kappa shape index (κ1) is 17.5. The van der Waals surface area contributed by atoms with E-state index in [1.807, 2.05) is 13.8 Å². The number of amides is 2. The van der Waals surface area contributed by atoms with Gasteiger partial charge in [-0.15, -0.1) is 10.2 Å². The SMILES string of the molecule is CC(C)Oc1ccc(NC(=O)N2CCC(C)S(=O)(=O)CC2)nn1. The lowest BCUT2D eigenvalue weighted by molar-refractivity contribution is 0.215. The van der Waals surface area contributed by atoms with Gasteiger partial charge in [0.25, 0.3) is 0 Å². The molecule has 128 valence electrons. The van der Waals surface area contributed by atoms with Gasteiger partial charge in [0.1, 0.15) is 0 Å². The van der Waals surface area contributed by atoms with Crippen LogP contribution in [0.4, 0.5) is 10.6 Å². The first-order valence-electron chi connectivity index (χ1n) is 7.56. The van der Waals surface area contributed by atoms with Gasteiger partial charge in [-0.2, -0.15) is 0 Å². The number of hydrogen-bond acceptors (Lipinski definition) is 6. The lowest BCUT2D eigenvalue weighted by Crippen LogP contribution is -2.37. The van der Waals surface area contributed by atoms with Crippen LogP contribution in [0.15, 0.2) is 12.1 Å². The summed E-state index contributed by atoms with van der Waals surface area (Å²) >= 11 is 0. The standard InChI is InChI=1S/C14H22N4O4S/c1-10(2)22-13-5-4-12(16-17-13)15-14(19)18-7-6-11(3)23(20,21)9-8-18/h4-5,10-11H,6-9H2,1-3H3,(H,15,16,19). The van der Waals surface area contributed by atoms with Crippen molar-refractivity contribution in [3.63, 3.8) is 0 Å². The Bertz CT molecular complexity index is 645. The first-order valence-corrected chi connectivity index (χ1v) is 9.27. The number of aromatic nitrogens is 2. The van der Waals surface area contributed by atoms with Gasteiger partial charge in [0.05, 0.1) is 17.1 Å². The molecule has 0 aliphatic carbocycles. The van der Waals surface area contributed by atoms with E-state index in [1.54, 1.807) is 19.1 Å². The predicted molar refractivity (Wildman–Crippen MR) is 86.3 cm³/mol. The van der Waals surface area contributed by atoms with E-state index in [4.69, 9.17) is 4.74 Å². The third-order valence-electron chi connectivity index (χ3n) is 3.58. The Labute approximate surface area is 136 Å². The van der Waals surface area contributed by atoms with E-state index in [-0.39, 0.29) is 24.4 Å². The number of nitrogens with one attached hydrogen (secondary N) is 1. The van der Waals surface area contributed by atoms with Gasteiger partial charge in [-0.05, 0) is 33.3 Å². The summed E-state index contributed by atoms with van der Waals surface area (Å²) in [6.45, 7) is 6.02. The second-order valence-electron chi connectivity index (χ2n) is 5.81. The molecule has 23 heavy (non-hydrogen) atoms. The number of urea groups is 1. The Morgan fingerprint density at radius 3 is 2.70 bits per heavy atom. The van der Waals surface area contributed by atoms with Crippen LogP contribution >= 0.6 is 0 Å². The van der Waals surface area contributed by atoms with Crippen LogP contribution in [0, 0.1) is 0 Å². The highest BCUT2D eigenvalue weighted by atomic mass is 32.2. The highest BCUT2D eigenvalue weighted by Gasteiger charge is 2.28. The smallest absolute Gasteiger partial charge is 0.323 e. The molecule has 1 aromatic rings. The minimum atomic E-state index is -3.12. The summed E-state index contributed by atoms with van der Waals surface area (Å²) in [5.74, 6) is 0.660.